The van der Waals surface area contributed by atoms with Crippen molar-refractivity contribution in [3.63, 3.8) is 0 Å². The van der Waals surface area contributed by atoms with E-state index < -0.39 is 0 Å². The second kappa shape index (κ2) is 5.99. The highest BCUT2D eigenvalue weighted by Gasteiger charge is 2.36. The molecule has 1 saturated carbocycles. The van der Waals surface area contributed by atoms with Gasteiger partial charge in [0.1, 0.15) is 0 Å². The van der Waals surface area contributed by atoms with Gasteiger partial charge >= 0.3 is 0 Å². The summed E-state index contributed by atoms with van der Waals surface area (Å²) in [5, 5.41) is 3.64. The second-order valence-corrected chi connectivity index (χ2v) is 5.61. The Morgan fingerprint density at radius 1 is 1.44 bits per heavy atom. The first-order valence-electron chi connectivity index (χ1n) is 6.51. The van der Waals surface area contributed by atoms with E-state index >= 15 is 0 Å². The van der Waals surface area contributed by atoms with E-state index in [-0.39, 0.29) is 11.6 Å². The molecule has 1 rings (SSSR count). The number of methoxy groups -OCH3 is 1. The summed E-state index contributed by atoms with van der Waals surface area (Å²) in [6, 6.07) is 0. The molecular formula is C13H28N2O. The molecule has 16 heavy (non-hydrogen) atoms. The van der Waals surface area contributed by atoms with Crippen molar-refractivity contribution in [2.45, 2.75) is 51.7 Å². The molecule has 96 valence electrons. The molecule has 0 saturated heterocycles. The van der Waals surface area contributed by atoms with Gasteiger partial charge in [-0.25, -0.2) is 0 Å². The van der Waals surface area contributed by atoms with E-state index in [1.165, 1.54) is 19.3 Å². The summed E-state index contributed by atoms with van der Waals surface area (Å²) in [5.74, 6) is 1.60. The Balaban J connectivity index is 2.50. The van der Waals surface area contributed by atoms with Crippen LogP contribution in [0.15, 0.2) is 0 Å². The highest BCUT2D eigenvalue weighted by Crippen LogP contribution is 2.35. The summed E-state index contributed by atoms with van der Waals surface area (Å²) < 4.78 is 5.28. The SMILES string of the molecule is COC(C)CNC1(CN)CCC(C)C(C)C1. The van der Waals surface area contributed by atoms with Crippen LogP contribution in [0.3, 0.4) is 0 Å². The van der Waals surface area contributed by atoms with Crippen LogP contribution in [0.5, 0.6) is 0 Å². The molecule has 4 unspecified atom stereocenters. The van der Waals surface area contributed by atoms with Crippen molar-refractivity contribution >= 4 is 0 Å². The number of hydrogen-bond donors (Lipinski definition) is 2. The molecule has 1 aliphatic carbocycles. The predicted octanol–water partition coefficient (Wildman–Crippen LogP) is 1.76. The van der Waals surface area contributed by atoms with Crippen LogP contribution in [0, 0.1) is 11.8 Å². The normalized spacial score (nSPS) is 37.3. The minimum Gasteiger partial charge on any atom is -0.380 e. The van der Waals surface area contributed by atoms with Crippen molar-refractivity contribution in [2.75, 3.05) is 20.2 Å². The zero-order valence-electron chi connectivity index (χ0n) is 11.3. The molecule has 3 N–H and O–H groups in total. The number of nitrogens with two attached hydrogens (primary N) is 1. The van der Waals surface area contributed by atoms with Crippen molar-refractivity contribution in [2.24, 2.45) is 17.6 Å². The molecule has 0 aliphatic heterocycles. The van der Waals surface area contributed by atoms with E-state index in [1.807, 2.05) is 0 Å². The highest BCUT2D eigenvalue weighted by atomic mass is 16.5. The van der Waals surface area contributed by atoms with Gasteiger partial charge < -0.3 is 15.8 Å². The molecule has 0 spiro atoms. The zero-order chi connectivity index (χ0) is 12.2. The second-order valence-electron chi connectivity index (χ2n) is 5.61. The van der Waals surface area contributed by atoms with Gasteiger partial charge in [0.2, 0.25) is 0 Å². The Labute approximate surface area is 100 Å². The van der Waals surface area contributed by atoms with Crippen LogP contribution < -0.4 is 11.1 Å². The molecule has 1 aliphatic rings. The summed E-state index contributed by atoms with van der Waals surface area (Å²) in [6.45, 7) is 8.42. The molecule has 0 aromatic carbocycles. The number of hydrogen-bond acceptors (Lipinski definition) is 3. The van der Waals surface area contributed by atoms with Gasteiger partial charge in [-0.15, -0.1) is 0 Å². The van der Waals surface area contributed by atoms with Crippen LogP contribution in [-0.2, 0) is 4.74 Å². The Bertz CT molecular complexity index is 210. The van der Waals surface area contributed by atoms with Crippen LogP contribution in [0.2, 0.25) is 0 Å². The maximum Gasteiger partial charge on any atom is 0.0667 e. The molecular weight excluding hydrogens is 200 g/mol. The third-order valence-corrected chi connectivity index (χ3v) is 4.32. The van der Waals surface area contributed by atoms with Crippen LogP contribution in [0.1, 0.15) is 40.0 Å². The summed E-state index contributed by atoms with van der Waals surface area (Å²) >= 11 is 0. The largest absolute Gasteiger partial charge is 0.380 e. The van der Waals surface area contributed by atoms with E-state index in [0.717, 1.165) is 24.9 Å². The average Bonchev–Trinajstić information content (AvgIpc) is 2.30. The Hall–Kier alpha value is -0.120. The van der Waals surface area contributed by atoms with Crippen molar-refractivity contribution in [1.29, 1.82) is 0 Å². The first-order chi connectivity index (χ1) is 7.53. The fourth-order valence-corrected chi connectivity index (χ4v) is 2.57. The first kappa shape index (κ1) is 13.9. The first-order valence-corrected chi connectivity index (χ1v) is 6.51. The minimum atomic E-state index is 0.152. The average molecular weight is 228 g/mol. The third-order valence-electron chi connectivity index (χ3n) is 4.32. The van der Waals surface area contributed by atoms with Gasteiger partial charge in [0, 0.05) is 25.7 Å². The Kier molecular flexibility index (Phi) is 5.22. The smallest absolute Gasteiger partial charge is 0.0667 e. The van der Waals surface area contributed by atoms with Crippen LogP contribution in [0.4, 0.5) is 0 Å². The fraction of sp³-hybridized carbons (Fsp3) is 1.00. The van der Waals surface area contributed by atoms with Crippen LogP contribution in [0.25, 0.3) is 0 Å². The van der Waals surface area contributed by atoms with Crippen molar-refractivity contribution < 1.29 is 4.74 Å². The standard InChI is InChI=1S/C13H28N2O/c1-10-5-6-13(9-14,7-11(10)2)15-8-12(3)16-4/h10-12,15H,5-9,14H2,1-4H3. The van der Waals surface area contributed by atoms with Gasteiger partial charge in [-0.1, -0.05) is 13.8 Å². The summed E-state index contributed by atoms with van der Waals surface area (Å²) in [4.78, 5) is 0. The van der Waals surface area contributed by atoms with Gasteiger partial charge in [0.15, 0.2) is 0 Å². The lowest BCUT2D eigenvalue weighted by Gasteiger charge is -2.43. The lowest BCUT2D eigenvalue weighted by Crippen LogP contribution is -2.56. The van der Waals surface area contributed by atoms with Gasteiger partial charge in [0.05, 0.1) is 6.10 Å². The maximum atomic E-state index is 5.97. The number of nitrogens with one attached hydrogen (secondary N) is 1. The topological polar surface area (TPSA) is 47.3 Å². The summed E-state index contributed by atoms with van der Waals surface area (Å²) in [5.41, 5.74) is 6.12. The van der Waals surface area contributed by atoms with Crippen molar-refractivity contribution in [3.05, 3.63) is 0 Å². The van der Waals surface area contributed by atoms with E-state index in [4.69, 9.17) is 10.5 Å². The Morgan fingerprint density at radius 3 is 2.62 bits per heavy atom. The molecule has 0 amide bonds. The zero-order valence-corrected chi connectivity index (χ0v) is 11.3. The van der Waals surface area contributed by atoms with Gasteiger partial charge in [-0.2, -0.15) is 0 Å². The third kappa shape index (κ3) is 3.44. The molecule has 0 aromatic heterocycles. The lowest BCUT2D eigenvalue weighted by atomic mass is 9.71. The molecule has 0 aromatic rings. The number of ether oxygens (including phenoxy) is 1. The van der Waals surface area contributed by atoms with E-state index in [9.17, 15) is 0 Å². The molecule has 3 nitrogen and oxygen atoms in total. The fourth-order valence-electron chi connectivity index (χ4n) is 2.57. The highest BCUT2D eigenvalue weighted by molar-refractivity contribution is 4.95. The minimum absolute atomic E-state index is 0.152. The van der Waals surface area contributed by atoms with Gasteiger partial charge in [0.25, 0.3) is 0 Å². The van der Waals surface area contributed by atoms with E-state index in [2.05, 4.69) is 26.1 Å². The Morgan fingerprint density at radius 2 is 2.12 bits per heavy atom. The molecule has 0 bridgehead atoms. The van der Waals surface area contributed by atoms with Gasteiger partial charge in [-0.3, -0.25) is 0 Å². The molecule has 0 radical (unpaired) electrons. The van der Waals surface area contributed by atoms with E-state index in [0.29, 0.717) is 0 Å². The van der Waals surface area contributed by atoms with Crippen molar-refractivity contribution in [1.82, 2.24) is 5.32 Å². The maximum absolute atomic E-state index is 5.97. The molecule has 0 heterocycles. The predicted molar refractivity (Wildman–Crippen MR) is 68.4 cm³/mol. The van der Waals surface area contributed by atoms with Crippen LogP contribution >= 0.6 is 0 Å². The summed E-state index contributed by atoms with van der Waals surface area (Å²) in [7, 11) is 1.76. The molecule has 3 heteroatoms. The van der Waals surface area contributed by atoms with Crippen molar-refractivity contribution in [3.8, 4) is 0 Å². The van der Waals surface area contributed by atoms with Gasteiger partial charge in [-0.05, 0) is 38.0 Å². The molecule has 1 fully saturated rings. The lowest BCUT2D eigenvalue weighted by molar-refractivity contribution is 0.0876. The van der Waals surface area contributed by atoms with E-state index in [1.54, 1.807) is 7.11 Å². The van der Waals surface area contributed by atoms with Crippen LogP contribution in [-0.4, -0.2) is 31.8 Å². The summed E-state index contributed by atoms with van der Waals surface area (Å²) in [6.07, 6.45) is 3.94. The quantitative estimate of drug-likeness (QED) is 0.754. The molecule has 4 atom stereocenters. The number of rotatable bonds is 5. The monoisotopic (exact) mass is 228 g/mol.